The number of nitrogens with one attached hydrogen (secondary N) is 1. The average molecular weight is 301 g/mol. The van der Waals surface area contributed by atoms with Crippen LogP contribution in [0.15, 0.2) is 18.2 Å². The monoisotopic (exact) mass is 301 g/mol. The van der Waals surface area contributed by atoms with E-state index in [0.29, 0.717) is 25.5 Å². The van der Waals surface area contributed by atoms with Crippen molar-refractivity contribution in [3.63, 3.8) is 0 Å². The van der Waals surface area contributed by atoms with E-state index in [-0.39, 0.29) is 5.91 Å². The van der Waals surface area contributed by atoms with Crippen molar-refractivity contribution in [2.75, 3.05) is 13.2 Å². The topological polar surface area (TPSA) is 56.1 Å². The molecule has 1 amide bonds. The number of imidazole rings is 1. The highest BCUT2D eigenvalue weighted by molar-refractivity contribution is 5.78. The van der Waals surface area contributed by atoms with E-state index in [1.54, 1.807) is 0 Å². The van der Waals surface area contributed by atoms with Gasteiger partial charge in [-0.3, -0.25) is 4.79 Å². The van der Waals surface area contributed by atoms with Crippen LogP contribution in [0, 0.1) is 12.8 Å². The number of rotatable bonds is 4. The highest BCUT2D eigenvalue weighted by Crippen LogP contribution is 2.18. The number of ether oxygens (including phenoxy) is 1. The summed E-state index contributed by atoms with van der Waals surface area (Å²) in [5.74, 6) is 1.47. The van der Waals surface area contributed by atoms with Gasteiger partial charge in [0, 0.05) is 33.2 Å². The smallest absolute Gasteiger partial charge is 0.220 e. The molecular weight excluding hydrogens is 278 g/mol. The van der Waals surface area contributed by atoms with Gasteiger partial charge in [-0.2, -0.15) is 0 Å². The molecule has 0 aliphatic carbocycles. The van der Waals surface area contributed by atoms with Crippen LogP contribution < -0.4 is 5.32 Å². The second kappa shape index (κ2) is 6.48. The lowest BCUT2D eigenvalue weighted by Crippen LogP contribution is -2.28. The number of carbonyl (C=O) groups excluding carboxylic acids is 1. The minimum absolute atomic E-state index is 0.104. The van der Waals surface area contributed by atoms with Crippen LogP contribution in [0.5, 0.6) is 0 Å². The summed E-state index contributed by atoms with van der Waals surface area (Å²) in [6.07, 6.45) is 2.71. The van der Waals surface area contributed by atoms with Gasteiger partial charge in [-0.05, 0) is 43.4 Å². The lowest BCUT2D eigenvalue weighted by Gasteiger charge is -2.21. The molecule has 0 bridgehead atoms. The first kappa shape index (κ1) is 15.0. The zero-order valence-corrected chi connectivity index (χ0v) is 13.3. The fourth-order valence-corrected chi connectivity index (χ4v) is 2.98. The second-order valence-corrected chi connectivity index (χ2v) is 6.11. The molecule has 2 aromatic rings. The number of amides is 1. The Hall–Kier alpha value is -1.88. The first-order valence-corrected chi connectivity index (χ1v) is 7.90. The molecule has 3 rings (SSSR count). The fraction of sp³-hybridized carbons (Fsp3) is 0.529. The van der Waals surface area contributed by atoms with Crippen LogP contribution in [0.1, 0.15) is 30.7 Å². The molecule has 5 nitrogen and oxygen atoms in total. The minimum Gasteiger partial charge on any atom is -0.381 e. The molecule has 1 aromatic heterocycles. The number of fused-ring (bicyclic) bond motifs is 1. The number of nitrogens with zero attached hydrogens (tertiary/aromatic N) is 2. The minimum atomic E-state index is 0.104. The lowest BCUT2D eigenvalue weighted by atomic mass is 9.98. The Morgan fingerprint density at radius 2 is 2.36 bits per heavy atom. The van der Waals surface area contributed by atoms with Gasteiger partial charge in [0.25, 0.3) is 0 Å². The maximum absolute atomic E-state index is 12.0. The fourth-order valence-electron chi connectivity index (χ4n) is 2.98. The second-order valence-electron chi connectivity index (χ2n) is 6.11. The largest absolute Gasteiger partial charge is 0.381 e. The molecule has 1 saturated heterocycles. The lowest BCUT2D eigenvalue weighted by molar-refractivity contribution is -0.123. The van der Waals surface area contributed by atoms with Gasteiger partial charge in [-0.15, -0.1) is 0 Å². The van der Waals surface area contributed by atoms with Crippen molar-refractivity contribution >= 4 is 16.9 Å². The summed E-state index contributed by atoms with van der Waals surface area (Å²) in [6.45, 7) is 4.10. The Morgan fingerprint density at radius 3 is 3.14 bits per heavy atom. The SMILES string of the molecule is Cc1nc2cc(CNC(=O)C[C@H]3CCCOC3)ccc2n1C. The third kappa shape index (κ3) is 3.30. The molecule has 1 atom stereocenters. The average Bonchev–Trinajstić information content (AvgIpc) is 2.81. The molecule has 0 radical (unpaired) electrons. The summed E-state index contributed by atoms with van der Waals surface area (Å²) < 4.78 is 7.49. The Morgan fingerprint density at radius 1 is 1.50 bits per heavy atom. The van der Waals surface area contributed by atoms with Crippen molar-refractivity contribution in [3.05, 3.63) is 29.6 Å². The number of benzene rings is 1. The van der Waals surface area contributed by atoms with Crippen LogP contribution >= 0.6 is 0 Å². The summed E-state index contributed by atoms with van der Waals surface area (Å²) in [6, 6.07) is 6.16. The highest BCUT2D eigenvalue weighted by atomic mass is 16.5. The summed E-state index contributed by atoms with van der Waals surface area (Å²) >= 11 is 0. The summed E-state index contributed by atoms with van der Waals surface area (Å²) in [4.78, 5) is 16.5. The standard InChI is InChI=1S/C17H23N3O2/c1-12-19-15-8-13(5-6-16(15)20(12)2)10-18-17(21)9-14-4-3-7-22-11-14/h5-6,8,14H,3-4,7,9-11H2,1-2H3,(H,18,21)/t14-/m1/s1. The van der Waals surface area contributed by atoms with Gasteiger partial charge in [-0.25, -0.2) is 4.98 Å². The third-order valence-corrected chi connectivity index (χ3v) is 4.39. The molecular formula is C17H23N3O2. The zero-order chi connectivity index (χ0) is 15.5. The maximum Gasteiger partial charge on any atom is 0.220 e. The number of carbonyl (C=O) groups is 1. The number of aryl methyl sites for hydroxylation is 2. The van der Waals surface area contributed by atoms with E-state index in [1.165, 1.54) is 0 Å². The van der Waals surface area contributed by atoms with Crippen molar-refractivity contribution < 1.29 is 9.53 Å². The van der Waals surface area contributed by atoms with E-state index < -0.39 is 0 Å². The summed E-state index contributed by atoms with van der Waals surface area (Å²) in [7, 11) is 2.01. The molecule has 1 aliphatic rings. The van der Waals surface area contributed by atoms with Gasteiger partial charge in [0.1, 0.15) is 5.82 Å². The van der Waals surface area contributed by atoms with Crippen molar-refractivity contribution in [2.45, 2.75) is 32.7 Å². The normalized spacial score (nSPS) is 18.5. The van der Waals surface area contributed by atoms with Crippen LogP contribution in [0.3, 0.4) is 0 Å². The van der Waals surface area contributed by atoms with Gasteiger partial charge in [0.05, 0.1) is 11.0 Å². The van der Waals surface area contributed by atoms with Crippen LogP contribution in [0.2, 0.25) is 0 Å². The first-order chi connectivity index (χ1) is 10.6. The molecule has 1 N–H and O–H groups in total. The highest BCUT2D eigenvalue weighted by Gasteiger charge is 2.17. The summed E-state index contributed by atoms with van der Waals surface area (Å²) in [5.41, 5.74) is 3.18. The molecule has 1 fully saturated rings. The number of hydrogen-bond acceptors (Lipinski definition) is 3. The van der Waals surface area contributed by atoms with Crippen LogP contribution in [0.25, 0.3) is 11.0 Å². The van der Waals surface area contributed by atoms with Gasteiger partial charge < -0.3 is 14.6 Å². The van der Waals surface area contributed by atoms with Crippen LogP contribution in [-0.2, 0) is 23.1 Å². The zero-order valence-electron chi connectivity index (χ0n) is 13.3. The Bertz CT molecular complexity index is 672. The molecule has 0 saturated carbocycles. The predicted octanol–water partition coefficient (Wildman–Crippen LogP) is 2.31. The van der Waals surface area contributed by atoms with Crippen LogP contribution in [0.4, 0.5) is 0 Å². The molecule has 22 heavy (non-hydrogen) atoms. The molecule has 0 spiro atoms. The van der Waals surface area contributed by atoms with Gasteiger partial charge in [0.2, 0.25) is 5.91 Å². The van der Waals surface area contributed by atoms with Gasteiger partial charge in [0.15, 0.2) is 0 Å². The van der Waals surface area contributed by atoms with E-state index in [0.717, 1.165) is 41.9 Å². The molecule has 5 heteroatoms. The molecule has 1 aromatic carbocycles. The number of hydrogen-bond donors (Lipinski definition) is 1. The third-order valence-electron chi connectivity index (χ3n) is 4.39. The van der Waals surface area contributed by atoms with Crippen molar-refractivity contribution in [1.29, 1.82) is 0 Å². The Kier molecular flexibility index (Phi) is 4.43. The molecule has 1 aliphatic heterocycles. The van der Waals surface area contributed by atoms with E-state index in [2.05, 4.69) is 20.9 Å². The quantitative estimate of drug-likeness (QED) is 0.943. The Labute approximate surface area is 130 Å². The number of aromatic nitrogens is 2. The van der Waals surface area contributed by atoms with Crippen molar-refractivity contribution in [1.82, 2.24) is 14.9 Å². The van der Waals surface area contributed by atoms with E-state index in [9.17, 15) is 4.79 Å². The maximum atomic E-state index is 12.0. The Balaban J connectivity index is 1.57. The predicted molar refractivity (Wildman–Crippen MR) is 85.5 cm³/mol. The van der Waals surface area contributed by atoms with Crippen LogP contribution in [-0.4, -0.2) is 28.7 Å². The van der Waals surface area contributed by atoms with Gasteiger partial charge >= 0.3 is 0 Å². The van der Waals surface area contributed by atoms with Crippen molar-refractivity contribution in [3.8, 4) is 0 Å². The van der Waals surface area contributed by atoms with Crippen molar-refractivity contribution in [2.24, 2.45) is 13.0 Å². The molecule has 0 unspecified atom stereocenters. The molecule has 118 valence electrons. The molecule has 2 heterocycles. The van der Waals surface area contributed by atoms with E-state index >= 15 is 0 Å². The van der Waals surface area contributed by atoms with E-state index in [1.807, 2.05) is 26.1 Å². The summed E-state index contributed by atoms with van der Waals surface area (Å²) in [5, 5.41) is 3.00. The van der Waals surface area contributed by atoms with Gasteiger partial charge in [-0.1, -0.05) is 6.07 Å². The first-order valence-electron chi connectivity index (χ1n) is 7.90. The van der Waals surface area contributed by atoms with E-state index in [4.69, 9.17) is 4.74 Å².